The van der Waals surface area contributed by atoms with Gasteiger partial charge in [-0.05, 0) is 50.3 Å². The molecule has 0 heterocycles. The summed E-state index contributed by atoms with van der Waals surface area (Å²) in [7, 11) is 3.33. The molecular formula is C15H23NO2. The molecule has 0 radical (unpaired) electrons. The van der Waals surface area contributed by atoms with Crippen molar-refractivity contribution in [2.24, 2.45) is 5.92 Å². The van der Waals surface area contributed by atoms with E-state index in [4.69, 9.17) is 9.47 Å². The summed E-state index contributed by atoms with van der Waals surface area (Å²) < 4.78 is 10.6. The van der Waals surface area contributed by atoms with Crippen molar-refractivity contribution in [3.05, 3.63) is 23.8 Å². The molecule has 0 spiro atoms. The number of ether oxygens (including phenoxy) is 2. The van der Waals surface area contributed by atoms with Gasteiger partial charge in [0.2, 0.25) is 0 Å². The van der Waals surface area contributed by atoms with Crippen LogP contribution in [0.2, 0.25) is 0 Å². The van der Waals surface area contributed by atoms with E-state index in [-0.39, 0.29) is 0 Å². The van der Waals surface area contributed by atoms with E-state index in [1.165, 1.54) is 18.4 Å². The van der Waals surface area contributed by atoms with E-state index in [1.807, 2.05) is 6.07 Å². The Bertz CT molecular complexity index is 401. The van der Waals surface area contributed by atoms with E-state index in [2.05, 4.69) is 31.3 Å². The summed E-state index contributed by atoms with van der Waals surface area (Å²) in [5.41, 5.74) is 1.24. The van der Waals surface area contributed by atoms with Gasteiger partial charge in [-0.2, -0.15) is 0 Å². The SMILES string of the molecule is COc1ccc(C(C)NC(C)C2CC2)cc1OC. The number of benzene rings is 1. The molecule has 100 valence electrons. The maximum absolute atomic E-state index is 5.34. The van der Waals surface area contributed by atoms with Crippen molar-refractivity contribution in [3.8, 4) is 11.5 Å². The van der Waals surface area contributed by atoms with Gasteiger partial charge in [0.25, 0.3) is 0 Å². The number of hydrogen-bond acceptors (Lipinski definition) is 3. The first-order valence-corrected chi connectivity index (χ1v) is 6.63. The summed E-state index contributed by atoms with van der Waals surface area (Å²) in [5.74, 6) is 2.44. The van der Waals surface area contributed by atoms with Gasteiger partial charge in [-0.3, -0.25) is 0 Å². The Morgan fingerprint density at radius 2 is 1.78 bits per heavy atom. The van der Waals surface area contributed by atoms with Gasteiger partial charge in [-0.25, -0.2) is 0 Å². The molecule has 0 saturated heterocycles. The van der Waals surface area contributed by atoms with E-state index < -0.39 is 0 Å². The van der Waals surface area contributed by atoms with E-state index in [0.29, 0.717) is 12.1 Å². The second kappa shape index (κ2) is 5.61. The Hall–Kier alpha value is -1.22. The Balaban J connectivity index is 2.06. The minimum Gasteiger partial charge on any atom is -0.493 e. The van der Waals surface area contributed by atoms with Crippen molar-refractivity contribution in [2.45, 2.75) is 38.8 Å². The van der Waals surface area contributed by atoms with Crippen molar-refractivity contribution in [2.75, 3.05) is 14.2 Å². The molecule has 1 aromatic carbocycles. The van der Waals surface area contributed by atoms with Crippen molar-refractivity contribution in [3.63, 3.8) is 0 Å². The van der Waals surface area contributed by atoms with E-state index in [0.717, 1.165) is 17.4 Å². The predicted molar refractivity (Wildman–Crippen MR) is 73.3 cm³/mol. The lowest BCUT2D eigenvalue weighted by Crippen LogP contribution is -2.30. The van der Waals surface area contributed by atoms with E-state index in [9.17, 15) is 0 Å². The zero-order chi connectivity index (χ0) is 13.1. The molecule has 1 aliphatic carbocycles. The van der Waals surface area contributed by atoms with Crippen LogP contribution in [-0.4, -0.2) is 20.3 Å². The molecule has 3 heteroatoms. The van der Waals surface area contributed by atoms with Gasteiger partial charge in [0.05, 0.1) is 14.2 Å². The van der Waals surface area contributed by atoms with Crippen LogP contribution in [0.5, 0.6) is 11.5 Å². The Kier molecular flexibility index (Phi) is 4.12. The summed E-state index contributed by atoms with van der Waals surface area (Å²) in [6.45, 7) is 4.47. The molecule has 0 bridgehead atoms. The summed E-state index contributed by atoms with van der Waals surface area (Å²) in [6, 6.07) is 7.04. The van der Waals surface area contributed by atoms with Crippen molar-refractivity contribution in [1.29, 1.82) is 0 Å². The second-order valence-electron chi connectivity index (χ2n) is 5.13. The topological polar surface area (TPSA) is 30.5 Å². The minimum absolute atomic E-state index is 0.334. The zero-order valence-electron chi connectivity index (χ0n) is 11.7. The number of nitrogens with one attached hydrogen (secondary N) is 1. The molecule has 1 saturated carbocycles. The van der Waals surface area contributed by atoms with E-state index >= 15 is 0 Å². The predicted octanol–water partition coefficient (Wildman–Crippen LogP) is 3.15. The van der Waals surface area contributed by atoms with Crippen LogP contribution in [0.25, 0.3) is 0 Å². The number of methoxy groups -OCH3 is 2. The van der Waals surface area contributed by atoms with Gasteiger partial charge in [0, 0.05) is 12.1 Å². The molecule has 1 aromatic rings. The fourth-order valence-electron chi connectivity index (χ4n) is 2.35. The lowest BCUT2D eigenvalue weighted by molar-refractivity contribution is 0.353. The lowest BCUT2D eigenvalue weighted by atomic mass is 10.1. The third-order valence-corrected chi connectivity index (χ3v) is 3.75. The molecule has 1 N–H and O–H groups in total. The summed E-state index contributed by atoms with van der Waals surface area (Å²) in [5, 5.41) is 3.65. The molecule has 3 nitrogen and oxygen atoms in total. The molecule has 2 atom stereocenters. The van der Waals surface area contributed by atoms with Crippen LogP contribution in [0.1, 0.15) is 38.3 Å². The standard InChI is InChI=1S/C15H23NO2/c1-10(12-5-6-12)16-11(2)13-7-8-14(17-3)15(9-13)18-4/h7-12,16H,5-6H2,1-4H3. The fraction of sp³-hybridized carbons (Fsp3) is 0.600. The highest BCUT2D eigenvalue weighted by molar-refractivity contribution is 5.43. The molecule has 0 aliphatic heterocycles. The summed E-state index contributed by atoms with van der Waals surface area (Å²) in [6.07, 6.45) is 2.74. The third-order valence-electron chi connectivity index (χ3n) is 3.75. The van der Waals surface area contributed by atoms with Crippen LogP contribution in [0, 0.1) is 5.92 Å². The molecule has 2 unspecified atom stereocenters. The molecule has 1 fully saturated rings. The minimum atomic E-state index is 0.334. The number of rotatable bonds is 6. The summed E-state index contributed by atoms with van der Waals surface area (Å²) >= 11 is 0. The highest BCUT2D eigenvalue weighted by Crippen LogP contribution is 2.34. The van der Waals surface area contributed by atoms with Crippen LogP contribution in [-0.2, 0) is 0 Å². The molecule has 0 amide bonds. The van der Waals surface area contributed by atoms with Gasteiger partial charge in [-0.15, -0.1) is 0 Å². The van der Waals surface area contributed by atoms with Gasteiger partial charge < -0.3 is 14.8 Å². The fourth-order valence-corrected chi connectivity index (χ4v) is 2.35. The van der Waals surface area contributed by atoms with Crippen LogP contribution in [0.3, 0.4) is 0 Å². The first-order chi connectivity index (χ1) is 8.65. The van der Waals surface area contributed by atoms with Crippen LogP contribution < -0.4 is 14.8 Å². The Morgan fingerprint density at radius 1 is 1.11 bits per heavy atom. The van der Waals surface area contributed by atoms with Gasteiger partial charge in [-0.1, -0.05) is 6.07 Å². The maximum atomic E-state index is 5.34. The third kappa shape index (κ3) is 2.96. The van der Waals surface area contributed by atoms with Gasteiger partial charge in [0.15, 0.2) is 11.5 Å². The van der Waals surface area contributed by atoms with Crippen molar-refractivity contribution >= 4 is 0 Å². The largest absolute Gasteiger partial charge is 0.493 e. The second-order valence-corrected chi connectivity index (χ2v) is 5.13. The first kappa shape index (κ1) is 13.2. The molecule has 2 rings (SSSR count). The van der Waals surface area contributed by atoms with Crippen LogP contribution in [0.4, 0.5) is 0 Å². The van der Waals surface area contributed by atoms with Gasteiger partial charge in [0.1, 0.15) is 0 Å². The average Bonchev–Trinajstić information content (AvgIpc) is 3.22. The highest BCUT2D eigenvalue weighted by atomic mass is 16.5. The summed E-state index contributed by atoms with van der Waals surface area (Å²) in [4.78, 5) is 0. The highest BCUT2D eigenvalue weighted by Gasteiger charge is 2.28. The van der Waals surface area contributed by atoms with Crippen LogP contribution in [0.15, 0.2) is 18.2 Å². The van der Waals surface area contributed by atoms with Gasteiger partial charge >= 0.3 is 0 Å². The van der Waals surface area contributed by atoms with E-state index in [1.54, 1.807) is 14.2 Å². The first-order valence-electron chi connectivity index (χ1n) is 6.63. The Morgan fingerprint density at radius 3 is 2.33 bits per heavy atom. The molecule has 1 aliphatic rings. The van der Waals surface area contributed by atoms with Crippen LogP contribution >= 0.6 is 0 Å². The molecule has 0 aromatic heterocycles. The maximum Gasteiger partial charge on any atom is 0.161 e. The quantitative estimate of drug-likeness (QED) is 0.840. The normalized spacial score (nSPS) is 18.2. The Labute approximate surface area is 109 Å². The smallest absolute Gasteiger partial charge is 0.161 e. The lowest BCUT2D eigenvalue weighted by Gasteiger charge is -2.21. The monoisotopic (exact) mass is 249 g/mol. The van der Waals surface area contributed by atoms with Crippen molar-refractivity contribution in [1.82, 2.24) is 5.32 Å². The molecular weight excluding hydrogens is 226 g/mol. The molecule has 18 heavy (non-hydrogen) atoms. The number of hydrogen-bond donors (Lipinski definition) is 1. The average molecular weight is 249 g/mol. The zero-order valence-corrected chi connectivity index (χ0v) is 11.7. The van der Waals surface area contributed by atoms with Crippen molar-refractivity contribution < 1.29 is 9.47 Å².